The van der Waals surface area contributed by atoms with Gasteiger partial charge in [0.1, 0.15) is 0 Å². The molecule has 1 atom stereocenters. The highest BCUT2D eigenvalue weighted by Gasteiger charge is 2.35. The average molecular weight is 471 g/mol. The fraction of sp³-hybridized carbons (Fsp3) is 0.353. The molecule has 150 valence electrons. The Bertz CT molecular complexity index is 1110. The minimum Gasteiger partial charge on any atom is -0.326 e. The van der Waals surface area contributed by atoms with Crippen LogP contribution in [-0.2, 0) is 14.8 Å². The molecule has 9 nitrogen and oxygen atoms in total. The summed E-state index contributed by atoms with van der Waals surface area (Å²) in [5, 5.41) is 2.78. The number of sulfonamides is 1. The predicted molar refractivity (Wildman–Crippen MR) is 107 cm³/mol. The van der Waals surface area contributed by atoms with E-state index in [4.69, 9.17) is 0 Å². The number of hydrogen-bond donors (Lipinski definition) is 3. The number of rotatable bonds is 4. The van der Waals surface area contributed by atoms with Gasteiger partial charge >= 0.3 is 5.69 Å². The lowest BCUT2D eigenvalue weighted by Crippen LogP contribution is -2.45. The van der Waals surface area contributed by atoms with Crippen LogP contribution in [0.25, 0.3) is 0 Å². The molecule has 1 aliphatic heterocycles. The zero-order chi connectivity index (χ0) is 20.5. The van der Waals surface area contributed by atoms with Crippen LogP contribution in [0.3, 0.4) is 0 Å². The van der Waals surface area contributed by atoms with Gasteiger partial charge < -0.3 is 10.3 Å². The highest BCUT2D eigenvalue weighted by molar-refractivity contribution is 9.10. The van der Waals surface area contributed by atoms with Crippen molar-refractivity contribution in [3.8, 4) is 0 Å². The first-order valence-electron chi connectivity index (χ1n) is 8.58. The predicted octanol–water partition coefficient (Wildman–Crippen LogP) is 1.17. The number of amides is 1. The van der Waals surface area contributed by atoms with Crippen molar-refractivity contribution in [3.05, 3.63) is 55.3 Å². The van der Waals surface area contributed by atoms with Gasteiger partial charge in [-0.2, -0.15) is 4.31 Å². The molecule has 1 amide bonds. The molecule has 2 aromatic rings. The second-order valence-corrected chi connectivity index (χ2v) is 9.35. The van der Waals surface area contributed by atoms with Crippen LogP contribution in [0.5, 0.6) is 0 Å². The number of benzene rings is 1. The van der Waals surface area contributed by atoms with Gasteiger partial charge in [0.2, 0.25) is 15.9 Å². The number of aryl methyl sites for hydroxylation is 1. The molecule has 11 heteroatoms. The van der Waals surface area contributed by atoms with Crippen molar-refractivity contribution in [1.29, 1.82) is 0 Å². The van der Waals surface area contributed by atoms with E-state index in [0.29, 0.717) is 18.5 Å². The summed E-state index contributed by atoms with van der Waals surface area (Å²) in [7, 11) is -4.15. The summed E-state index contributed by atoms with van der Waals surface area (Å²) < 4.78 is 27.9. The third kappa shape index (κ3) is 4.26. The molecule has 0 bridgehead atoms. The molecule has 3 rings (SSSR count). The number of aromatic nitrogens is 2. The van der Waals surface area contributed by atoms with Crippen LogP contribution in [-0.4, -0.2) is 41.7 Å². The molecule has 0 radical (unpaired) electrons. The molecule has 1 aromatic heterocycles. The summed E-state index contributed by atoms with van der Waals surface area (Å²) in [6.45, 7) is 1.51. The van der Waals surface area contributed by atoms with Crippen LogP contribution in [0, 0.1) is 12.8 Å². The monoisotopic (exact) mass is 470 g/mol. The molecule has 1 unspecified atom stereocenters. The van der Waals surface area contributed by atoms with Crippen molar-refractivity contribution in [2.75, 3.05) is 18.4 Å². The Morgan fingerprint density at radius 3 is 2.54 bits per heavy atom. The topological polar surface area (TPSA) is 132 Å². The Labute approximate surface area is 169 Å². The van der Waals surface area contributed by atoms with Crippen LogP contribution >= 0.6 is 15.9 Å². The Morgan fingerprint density at radius 1 is 1.21 bits per heavy atom. The number of H-pyrrole nitrogens is 2. The minimum absolute atomic E-state index is 0.0322. The number of anilines is 1. The zero-order valence-electron chi connectivity index (χ0n) is 15.0. The van der Waals surface area contributed by atoms with E-state index in [1.54, 1.807) is 24.3 Å². The van der Waals surface area contributed by atoms with E-state index in [9.17, 15) is 22.8 Å². The summed E-state index contributed by atoms with van der Waals surface area (Å²) in [4.78, 5) is 39.7. The van der Waals surface area contributed by atoms with E-state index in [2.05, 4.69) is 26.2 Å². The first-order valence-corrected chi connectivity index (χ1v) is 10.8. The maximum atomic E-state index is 13.0. The largest absolute Gasteiger partial charge is 0.326 e. The number of hydrogen-bond acceptors (Lipinski definition) is 5. The Morgan fingerprint density at radius 2 is 1.89 bits per heavy atom. The van der Waals surface area contributed by atoms with E-state index in [0.717, 1.165) is 8.78 Å². The SMILES string of the molecule is Cc1[nH]c(=O)[nH]c(=O)c1S(=O)(=O)N1CCCC(C(=O)Nc2ccc(Br)cc2)C1. The normalized spacial score (nSPS) is 18.0. The molecule has 0 spiro atoms. The number of nitrogens with zero attached hydrogens (tertiary/aromatic N) is 1. The molecule has 1 saturated heterocycles. The first-order chi connectivity index (χ1) is 13.2. The third-order valence-electron chi connectivity index (χ3n) is 4.54. The van der Waals surface area contributed by atoms with Crippen LogP contribution in [0.4, 0.5) is 5.69 Å². The van der Waals surface area contributed by atoms with Crippen LogP contribution in [0.1, 0.15) is 18.5 Å². The molecule has 3 N–H and O–H groups in total. The van der Waals surface area contributed by atoms with Crippen molar-refractivity contribution < 1.29 is 13.2 Å². The van der Waals surface area contributed by atoms with Gasteiger partial charge in [-0.15, -0.1) is 0 Å². The summed E-state index contributed by atoms with van der Waals surface area (Å²) in [6, 6.07) is 7.06. The fourth-order valence-electron chi connectivity index (χ4n) is 3.18. The third-order valence-corrected chi connectivity index (χ3v) is 7.09. The van der Waals surface area contributed by atoms with Gasteiger partial charge in [-0.05, 0) is 44.0 Å². The molecular weight excluding hydrogens is 452 g/mol. The lowest BCUT2D eigenvalue weighted by atomic mass is 9.99. The summed E-state index contributed by atoms with van der Waals surface area (Å²) in [5.41, 5.74) is -1.16. The second-order valence-electron chi connectivity index (χ2n) is 6.56. The molecular formula is C17H19BrN4O5S. The molecule has 28 heavy (non-hydrogen) atoms. The molecule has 1 aromatic carbocycles. The van der Waals surface area contributed by atoms with E-state index < -0.39 is 32.1 Å². The smallest absolute Gasteiger partial charge is 0.325 e. The summed E-state index contributed by atoms with van der Waals surface area (Å²) in [6.07, 6.45) is 1.02. The van der Waals surface area contributed by atoms with Crippen molar-refractivity contribution in [2.24, 2.45) is 5.92 Å². The Kier molecular flexibility index (Phi) is 5.87. The minimum atomic E-state index is -4.15. The molecule has 1 aliphatic rings. The van der Waals surface area contributed by atoms with Crippen molar-refractivity contribution >= 4 is 37.5 Å². The number of nitrogens with one attached hydrogen (secondary N) is 3. The highest BCUT2D eigenvalue weighted by atomic mass is 79.9. The van der Waals surface area contributed by atoms with Gasteiger partial charge in [-0.25, -0.2) is 13.2 Å². The van der Waals surface area contributed by atoms with Crippen molar-refractivity contribution in [3.63, 3.8) is 0 Å². The van der Waals surface area contributed by atoms with E-state index in [1.807, 2.05) is 4.98 Å². The number of carbonyl (C=O) groups excluding carboxylic acids is 1. The molecule has 0 saturated carbocycles. The molecule has 1 fully saturated rings. The lowest BCUT2D eigenvalue weighted by molar-refractivity contribution is -0.120. The number of piperidine rings is 1. The standard InChI is InChI=1S/C17H19BrN4O5S/c1-10-14(16(24)21-17(25)19-10)28(26,27)22-8-2-3-11(9-22)15(23)20-13-6-4-12(18)5-7-13/h4-7,11H,2-3,8-9H2,1H3,(H,20,23)(H2,19,21,24,25). The van der Waals surface area contributed by atoms with Crippen LogP contribution < -0.4 is 16.6 Å². The van der Waals surface area contributed by atoms with Crippen LogP contribution in [0.2, 0.25) is 0 Å². The maximum Gasteiger partial charge on any atom is 0.325 e. The quantitative estimate of drug-likeness (QED) is 0.616. The Hall–Kier alpha value is -2.24. The molecule has 0 aliphatic carbocycles. The number of aromatic amines is 2. The van der Waals surface area contributed by atoms with E-state index >= 15 is 0 Å². The van der Waals surface area contributed by atoms with E-state index in [-0.39, 0.29) is 24.7 Å². The van der Waals surface area contributed by atoms with Gasteiger partial charge in [0, 0.05) is 28.9 Å². The van der Waals surface area contributed by atoms with Gasteiger partial charge in [0.15, 0.2) is 4.90 Å². The van der Waals surface area contributed by atoms with Gasteiger partial charge in [0.25, 0.3) is 5.56 Å². The number of halogens is 1. The summed E-state index contributed by atoms with van der Waals surface area (Å²) in [5.74, 6) is -0.830. The zero-order valence-corrected chi connectivity index (χ0v) is 17.4. The number of carbonyl (C=O) groups is 1. The Balaban J connectivity index is 1.81. The second kappa shape index (κ2) is 8.02. The lowest BCUT2D eigenvalue weighted by Gasteiger charge is -2.31. The van der Waals surface area contributed by atoms with Gasteiger partial charge in [0.05, 0.1) is 5.92 Å². The molecule has 2 heterocycles. The van der Waals surface area contributed by atoms with Gasteiger partial charge in [-0.1, -0.05) is 15.9 Å². The average Bonchev–Trinajstić information content (AvgIpc) is 2.62. The van der Waals surface area contributed by atoms with Crippen LogP contribution in [0.15, 0.2) is 43.2 Å². The maximum absolute atomic E-state index is 13.0. The first kappa shape index (κ1) is 20.5. The van der Waals surface area contributed by atoms with Gasteiger partial charge in [-0.3, -0.25) is 14.6 Å². The highest BCUT2D eigenvalue weighted by Crippen LogP contribution is 2.24. The van der Waals surface area contributed by atoms with Crippen molar-refractivity contribution in [2.45, 2.75) is 24.7 Å². The summed E-state index contributed by atoms with van der Waals surface area (Å²) >= 11 is 3.32. The van der Waals surface area contributed by atoms with E-state index in [1.165, 1.54) is 6.92 Å². The fourth-order valence-corrected chi connectivity index (χ4v) is 5.17. The van der Waals surface area contributed by atoms with Crippen molar-refractivity contribution in [1.82, 2.24) is 14.3 Å².